The van der Waals surface area contributed by atoms with Gasteiger partial charge in [0, 0.05) is 29.5 Å². The van der Waals surface area contributed by atoms with Gasteiger partial charge in [0.1, 0.15) is 0 Å². The van der Waals surface area contributed by atoms with Crippen molar-refractivity contribution in [3.05, 3.63) is 52.8 Å². The fourth-order valence-corrected chi connectivity index (χ4v) is 3.83. The molecule has 1 aliphatic rings. The predicted molar refractivity (Wildman–Crippen MR) is 109 cm³/mol. The maximum atomic E-state index is 10.9. The molecule has 1 aromatic heterocycles. The summed E-state index contributed by atoms with van der Waals surface area (Å²) >= 11 is 0. The van der Waals surface area contributed by atoms with Crippen molar-refractivity contribution in [3.8, 4) is 0 Å². The Morgan fingerprint density at radius 1 is 1.33 bits per heavy atom. The highest BCUT2D eigenvalue weighted by Gasteiger charge is 2.24. The van der Waals surface area contributed by atoms with Crippen molar-refractivity contribution in [2.45, 2.75) is 46.2 Å². The van der Waals surface area contributed by atoms with E-state index < -0.39 is 5.97 Å². The van der Waals surface area contributed by atoms with Gasteiger partial charge in [-0.25, -0.2) is 4.79 Å². The molecule has 2 aromatic rings. The molecule has 1 unspecified atom stereocenters. The lowest BCUT2D eigenvalue weighted by molar-refractivity contribution is 0.0697. The zero-order valence-corrected chi connectivity index (χ0v) is 16.3. The smallest absolute Gasteiger partial charge is 0.335 e. The summed E-state index contributed by atoms with van der Waals surface area (Å²) in [5, 5.41) is 13.3. The Balaban J connectivity index is 1.66. The minimum Gasteiger partial charge on any atom is -0.478 e. The van der Waals surface area contributed by atoms with Crippen molar-refractivity contribution in [1.82, 2.24) is 9.47 Å². The van der Waals surface area contributed by atoms with Crippen LogP contribution in [-0.4, -0.2) is 45.9 Å². The third-order valence-electron chi connectivity index (χ3n) is 5.44. The van der Waals surface area contributed by atoms with E-state index in [9.17, 15) is 4.79 Å². The van der Waals surface area contributed by atoms with Gasteiger partial charge in [0.2, 0.25) is 0 Å². The van der Waals surface area contributed by atoms with Gasteiger partial charge >= 0.3 is 5.97 Å². The molecule has 6 nitrogen and oxygen atoms in total. The number of likely N-dealkylation sites (N-methyl/N-ethyl adjacent to an activating group) is 1. The zero-order valence-electron chi connectivity index (χ0n) is 16.3. The van der Waals surface area contributed by atoms with Gasteiger partial charge < -0.3 is 9.67 Å². The molecule has 1 fully saturated rings. The van der Waals surface area contributed by atoms with Crippen LogP contribution in [-0.2, 0) is 6.54 Å². The molecular formula is C21H28N4O2. The number of benzene rings is 1. The normalized spacial score (nSPS) is 17.7. The summed E-state index contributed by atoms with van der Waals surface area (Å²) in [5.74, 6) is -0.929. The van der Waals surface area contributed by atoms with E-state index in [1.54, 1.807) is 24.3 Å². The second-order valence-electron chi connectivity index (χ2n) is 7.11. The Kier molecular flexibility index (Phi) is 5.96. The van der Waals surface area contributed by atoms with E-state index in [1.807, 2.05) is 6.21 Å². The van der Waals surface area contributed by atoms with E-state index in [0.29, 0.717) is 6.04 Å². The Morgan fingerprint density at radius 2 is 2.07 bits per heavy atom. The molecule has 6 heteroatoms. The number of hydrazone groups is 1. The van der Waals surface area contributed by atoms with Crippen molar-refractivity contribution in [3.63, 3.8) is 0 Å². The molecule has 0 spiro atoms. The number of carboxylic acids is 1. The van der Waals surface area contributed by atoms with Crippen LogP contribution in [0.5, 0.6) is 0 Å². The van der Waals surface area contributed by atoms with Gasteiger partial charge in [-0.3, -0.25) is 10.3 Å². The van der Waals surface area contributed by atoms with E-state index >= 15 is 0 Å². The summed E-state index contributed by atoms with van der Waals surface area (Å²) < 4.78 is 2.39. The van der Waals surface area contributed by atoms with Crippen molar-refractivity contribution in [1.29, 1.82) is 0 Å². The van der Waals surface area contributed by atoms with Crippen LogP contribution in [0.3, 0.4) is 0 Å². The number of nitrogens with zero attached hydrogens (tertiary/aromatic N) is 3. The van der Waals surface area contributed by atoms with E-state index in [-0.39, 0.29) is 5.56 Å². The van der Waals surface area contributed by atoms with Crippen molar-refractivity contribution >= 4 is 17.9 Å². The van der Waals surface area contributed by atoms with Crippen LogP contribution in [0.2, 0.25) is 0 Å². The molecule has 0 aliphatic carbocycles. The second kappa shape index (κ2) is 8.39. The zero-order chi connectivity index (χ0) is 19.4. The van der Waals surface area contributed by atoms with E-state index in [4.69, 9.17) is 5.11 Å². The average molecular weight is 368 g/mol. The number of nitrogens with one attached hydrogen (secondary N) is 1. The van der Waals surface area contributed by atoms with Gasteiger partial charge in [0.25, 0.3) is 0 Å². The van der Waals surface area contributed by atoms with Crippen LogP contribution in [0.4, 0.5) is 5.69 Å². The fourth-order valence-electron chi connectivity index (χ4n) is 3.83. The molecule has 1 saturated heterocycles. The minimum atomic E-state index is -0.929. The van der Waals surface area contributed by atoms with Crippen LogP contribution in [0.1, 0.15) is 47.1 Å². The summed E-state index contributed by atoms with van der Waals surface area (Å²) in [6.07, 6.45) is 4.38. The highest BCUT2D eigenvalue weighted by atomic mass is 16.4. The summed E-state index contributed by atoms with van der Waals surface area (Å²) in [7, 11) is 0. The standard InChI is InChI=1S/C21H28N4O2/c1-4-24-11-5-6-20(24)14-25-15(2)12-18(16(25)3)13-22-23-19-9-7-17(8-10-19)21(26)27/h7-10,12-13,20,23H,4-6,11,14H2,1-3H3,(H,26,27)/b22-13+. The first-order valence-corrected chi connectivity index (χ1v) is 9.52. The quantitative estimate of drug-likeness (QED) is 0.577. The van der Waals surface area contributed by atoms with Gasteiger partial charge in [0.15, 0.2) is 0 Å². The lowest BCUT2D eigenvalue weighted by Gasteiger charge is -2.24. The monoisotopic (exact) mass is 368 g/mol. The first kappa shape index (κ1) is 19.2. The number of anilines is 1. The van der Waals surface area contributed by atoms with Gasteiger partial charge in [-0.05, 0) is 70.1 Å². The Labute approximate surface area is 160 Å². The minimum absolute atomic E-state index is 0.265. The number of rotatable bonds is 7. The van der Waals surface area contributed by atoms with E-state index in [0.717, 1.165) is 24.3 Å². The molecule has 27 heavy (non-hydrogen) atoms. The molecule has 1 aliphatic heterocycles. The molecule has 2 heterocycles. The van der Waals surface area contributed by atoms with Gasteiger partial charge in [0.05, 0.1) is 17.5 Å². The third-order valence-corrected chi connectivity index (χ3v) is 5.44. The Bertz CT molecular complexity index is 823. The fraction of sp³-hybridized carbons (Fsp3) is 0.429. The molecule has 0 bridgehead atoms. The number of carboxylic acid groups (broad SMARTS) is 1. The first-order valence-electron chi connectivity index (χ1n) is 9.52. The average Bonchev–Trinajstić information content (AvgIpc) is 3.22. The predicted octanol–water partition coefficient (Wildman–Crippen LogP) is 3.73. The highest BCUT2D eigenvalue weighted by molar-refractivity contribution is 5.88. The highest BCUT2D eigenvalue weighted by Crippen LogP contribution is 2.22. The summed E-state index contributed by atoms with van der Waals surface area (Å²) in [6, 6.07) is 9.34. The maximum Gasteiger partial charge on any atom is 0.335 e. The van der Waals surface area contributed by atoms with E-state index in [2.05, 4.69) is 46.8 Å². The molecular weight excluding hydrogens is 340 g/mol. The van der Waals surface area contributed by atoms with Crippen LogP contribution in [0.25, 0.3) is 0 Å². The topological polar surface area (TPSA) is 69.9 Å². The van der Waals surface area contributed by atoms with Gasteiger partial charge in [-0.15, -0.1) is 0 Å². The number of hydrogen-bond donors (Lipinski definition) is 2. The van der Waals surface area contributed by atoms with Crippen molar-refractivity contribution in [2.75, 3.05) is 18.5 Å². The Hall–Kier alpha value is -2.60. The first-order chi connectivity index (χ1) is 13.0. The van der Waals surface area contributed by atoms with Crippen molar-refractivity contribution < 1.29 is 9.90 Å². The van der Waals surface area contributed by atoms with Crippen LogP contribution in [0, 0.1) is 13.8 Å². The summed E-state index contributed by atoms with van der Waals surface area (Å²) in [4.78, 5) is 13.5. The third kappa shape index (κ3) is 4.39. The molecule has 144 valence electrons. The second-order valence-corrected chi connectivity index (χ2v) is 7.11. The van der Waals surface area contributed by atoms with Crippen LogP contribution >= 0.6 is 0 Å². The number of aromatic carboxylic acids is 1. The molecule has 0 amide bonds. The number of hydrogen-bond acceptors (Lipinski definition) is 4. The summed E-state index contributed by atoms with van der Waals surface area (Å²) in [6.45, 7) is 9.88. The number of aryl methyl sites for hydroxylation is 1. The number of likely N-dealkylation sites (tertiary alicyclic amines) is 1. The van der Waals surface area contributed by atoms with E-state index in [1.165, 1.54) is 30.8 Å². The molecule has 3 rings (SSSR count). The van der Waals surface area contributed by atoms with Gasteiger partial charge in [-0.2, -0.15) is 5.10 Å². The van der Waals surface area contributed by atoms with Crippen molar-refractivity contribution in [2.24, 2.45) is 5.10 Å². The number of carbonyl (C=O) groups is 1. The molecule has 1 atom stereocenters. The van der Waals surface area contributed by atoms with Gasteiger partial charge in [-0.1, -0.05) is 6.92 Å². The summed E-state index contributed by atoms with van der Waals surface area (Å²) in [5.41, 5.74) is 7.56. The molecule has 2 N–H and O–H groups in total. The maximum absolute atomic E-state index is 10.9. The molecule has 0 radical (unpaired) electrons. The lowest BCUT2D eigenvalue weighted by atomic mass is 10.2. The van der Waals surface area contributed by atoms with Crippen LogP contribution < -0.4 is 5.43 Å². The Morgan fingerprint density at radius 3 is 2.74 bits per heavy atom. The lowest BCUT2D eigenvalue weighted by Crippen LogP contribution is -2.33. The largest absolute Gasteiger partial charge is 0.478 e. The number of aromatic nitrogens is 1. The molecule has 1 aromatic carbocycles. The molecule has 0 saturated carbocycles. The SMILES string of the molecule is CCN1CCCC1Cn1c(C)cc(/C=N/Nc2ccc(C(=O)O)cc2)c1C. The van der Waals surface area contributed by atoms with Crippen LogP contribution in [0.15, 0.2) is 35.4 Å².